The molecule has 0 aliphatic carbocycles. The van der Waals surface area contributed by atoms with E-state index in [1.807, 2.05) is 0 Å². The minimum Gasteiger partial charge on any atom is -0.354 e. The molecule has 2 rings (SSSR count). The molecule has 1 N–H and O–H groups in total. The van der Waals surface area contributed by atoms with Crippen LogP contribution in [-0.4, -0.2) is 37.9 Å². The number of hydrogen-bond acceptors (Lipinski definition) is 5. The van der Waals surface area contributed by atoms with E-state index in [-0.39, 0.29) is 14.6 Å². The van der Waals surface area contributed by atoms with Gasteiger partial charge in [0.25, 0.3) is 10.0 Å². The highest BCUT2D eigenvalue weighted by molar-refractivity contribution is 8.00. The average Bonchev–Trinajstić information content (AvgIpc) is 3.12. The predicted molar refractivity (Wildman–Crippen MR) is 110 cm³/mol. The maximum atomic E-state index is 14.3. The van der Waals surface area contributed by atoms with Crippen LogP contribution < -0.4 is 9.62 Å². The Bertz CT molecular complexity index is 862. The van der Waals surface area contributed by atoms with Gasteiger partial charge in [0.2, 0.25) is 5.91 Å². The van der Waals surface area contributed by atoms with Crippen LogP contribution >= 0.6 is 23.1 Å². The summed E-state index contributed by atoms with van der Waals surface area (Å²) >= 11 is 2.71. The summed E-state index contributed by atoms with van der Waals surface area (Å²) in [4.78, 5) is 12.3. The van der Waals surface area contributed by atoms with Gasteiger partial charge in [0, 0.05) is 17.0 Å². The zero-order valence-electron chi connectivity index (χ0n) is 15.4. The number of nitrogens with one attached hydrogen (secondary N) is 1. The Morgan fingerprint density at radius 2 is 1.93 bits per heavy atom. The molecule has 0 bridgehead atoms. The number of carbonyl (C=O) groups excluding carboxylic acids is 1. The summed E-state index contributed by atoms with van der Waals surface area (Å²) in [6.07, 6.45) is 0. The fourth-order valence-electron chi connectivity index (χ4n) is 2.21. The van der Waals surface area contributed by atoms with E-state index in [0.29, 0.717) is 12.3 Å². The lowest BCUT2D eigenvalue weighted by Crippen LogP contribution is -2.41. The molecule has 0 aliphatic heterocycles. The summed E-state index contributed by atoms with van der Waals surface area (Å²) in [5, 5.41) is 4.33. The van der Waals surface area contributed by atoms with Crippen molar-refractivity contribution in [3.05, 3.63) is 47.6 Å². The topological polar surface area (TPSA) is 66.5 Å². The van der Waals surface area contributed by atoms with E-state index in [0.717, 1.165) is 15.6 Å². The fourth-order valence-corrected chi connectivity index (χ4v) is 5.56. The molecule has 5 nitrogen and oxygen atoms in total. The lowest BCUT2D eigenvalue weighted by Gasteiger charge is -2.24. The van der Waals surface area contributed by atoms with Crippen LogP contribution in [0.1, 0.15) is 20.8 Å². The van der Waals surface area contributed by atoms with Crippen LogP contribution in [0.4, 0.5) is 10.1 Å². The van der Waals surface area contributed by atoms with E-state index < -0.39 is 28.3 Å². The monoisotopic (exact) mass is 430 g/mol. The first-order valence-corrected chi connectivity index (χ1v) is 11.6. The number of para-hydroxylation sites is 1. The van der Waals surface area contributed by atoms with Gasteiger partial charge in [-0.1, -0.05) is 39.0 Å². The minimum absolute atomic E-state index is 0.0573. The first-order chi connectivity index (χ1) is 12.6. The maximum Gasteiger partial charge on any atom is 0.274 e. The summed E-state index contributed by atoms with van der Waals surface area (Å²) in [6.45, 7) is 6.15. The average molecular weight is 431 g/mol. The van der Waals surface area contributed by atoms with Crippen molar-refractivity contribution in [3.8, 4) is 0 Å². The van der Waals surface area contributed by atoms with E-state index in [4.69, 9.17) is 0 Å². The van der Waals surface area contributed by atoms with Crippen molar-refractivity contribution in [2.24, 2.45) is 0 Å². The summed E-state index contributed by atoms with van der Waals surface area (Å²) in [5.74, 6) is -0.478. The molecule has 0 aliphatic rings. The molecule has 0 saturated heterocycles. The van der Waals surface area contributed by atoms with Crippen LogP contribution in [0.25, 0.3) is 0 Å². The van der Waals surface area contributed by atoms with Crippen molar-refractivity contribution in [3.63, 3.8) is 0 Å². The predicted octanol–water partition coefficient (Wildman–Crippen LogP) is 3.73. The third-order valence-corrected chi connectivity index (χ3v) is 7.81. The molecule has 0 atom stereocenters. The van der Waals surface area contributed by atoms with E-state index in [9.17, 15) is 17.6 Å². The number of anilines is 1. The number of halogens is 1. The molecular weight excluding hydrogens is 407 g/mol. The smallest absolute Gasteiger partial charge is 0.274 e. The molecule has 0 fully saturated rings. The van der Waals surface area contributed by atoms with Gasteiger partial charge in [-0.3, -0.25) is 9.10 Å². The van der Waals surface area contributed by atoms with Crippen LogP contribution in [0.2, 0.25) is 0 Å². The first-order valence-electron chi connectivity index (χ1n) is 8.33. The molecule has 1 amide bonds. The van der Waals surface area contributed by atoms with Gasteiger partial charge in [-0.05, 0) is 23.6 Å². The molecule has 0 unspecified atom stereocenters. The fraction of sp³-hybridized carbons (Fsp3) is 0.389. The van der Waals surface area contributed by atoms with Crippen LogP contribution in [0, 0.1) is 5.82 Å². The molecular formula is C18H23FN2O3S3. The number of nitrogens with zero attached hydrogens (tertiary/aromatic N) is 1. The molecule has 148 valence electrons. The molecule has 2 aromatic rings. The second kappa shape index (κ2) is 9.07. The van der Waals surface area contributed by atoms with Crippen molar-refractivity contribution in [2.45, 2.75) is 29.7 Å². The van der Waals surface area contributed by atoms with Gasteiger partial charge in [0.05, 0.1) is 5.69 Å². The Morgan fingerprint density at radius 1 is 1.22 bits per heavy atom. The van der Waals surface area contributed by atoms with Gasteiger partial charge in [-0.2, -0.15) is 11.8 Å². The molecule has 1 aromatic heterocycles. The SMILES string of the molecule is CC(C)(C)SCCNC(=O)CN(c1ccccc1F)S(=O)(=O)c1cccs1. The van der Waals surface area contributed by atoms with Crippen molar-refractivity contribution >= 4 is 44.7 Å². The number of thiophene rings is 1. The van der Waals surface area contributed by atoms with Gasteiger partial charge < -0.3 is 5.32 Å². The van der Waals surface area contributed by atoms with Crippen molar-refractivity contribution in [2.75, 3.05) is 23.1 Å². The highest BCUT2D eigenvalue weighted by atomic mass is 32.2. The van der Waals surface area contributed by atoms with Crippen LogP contribution in [0.5, 0.6) is 0 Å². The highest BCUT2D eigenvalue weighted by Crippen LogP contribution is 2.28. The molecule has 1 aromatic carbocycles. The summed E-state index contributed by atoms with van der Waals surface area (Å²) in [7, 11) is -4.04. The van der Waals surface area contributed by atoms with Crippen LogP contribution in [0.15, 0.2) is 46.0 Å². The van der Waals surface area contributed by atoms with E-state index in [1.165, 1.54) is 30.3 Å². The van der Waals surface area contributed by atoms with Crippen LogP contribution in [0.3, 0.4) is 0 Å². The lowest BCUT2D eigenvalue weighted by atomic mass is 10.3. The standard InChI is InChI=1S/C18H23FN2O3S3/c1-18(2,3)26-12-10-20-16(22)13-21(15-8-5-4-7-14(15)19)27(23,24)17-9-6-11-25-17/h4-9,11H,10,12-13H2,1-3H3,(H,20,22). The zero-order chi connectivity index (χ0) is 20.1. The molecule has 9 heteroatoms. The number of amides is 1. The summed E-state index contributed by atoms with van der Waals surface area (Å²) in [5.41, 5.74) is -0.148. The number of sulfonamides is 1. The molecule has 27 heavy (non-hydrogen) atoms. The number of rotatable bonds is 8. The van der Waals surface area contributed by atoms with Crippen molar-refractivity contribution in [1.82, 2.24) is 5.32 Å². The second-order valence-electron chi connectivity index (χ2n) is 6.71. The number of carbonyl (C=O) groups is 1. The Balaban J connectivity index is 2.17. The molecule has 0 saturated carbocycles. The summed E-state index contributed by atoms with van der Waals surface area (Å²) < 4.78 is 41.1. The van der Waals surface area contributed by atoms with Gasteiger partial charge in [-0.25, -0.2) is 12.8 Å². The normalized spacial score (nSPS) is 12.0. The number of thioether (sulfide) groups is 1. The van der Waals surface area contributed by atoms with E-state index >= 15 is 0 Å². The van der Waals surface area contributed by atoms with Crippen molar-refractivity contribution < 1.29 is 17.6 Å². The molecule has 1 heterocycles. The first kappa shape index (κ1) is 21.7. The van der Waals surface area contributed by atoms with Gasteiger partial charge >= 0.3 is 0 Å². The second-order valence-corrected chi connectivity index (χ2v) is 11.7. The number of hydrogen-bond donors (Lipinski definition) is 1. The van der Waals surface area contributed by atoms with Crippen molar-refractivity contribution in [1.29, 1.82) is 0 Å². The van der Waals surface area contributed by atoms with Crippen LogP contribution in [-0.2, 0) is 14.8 Å². The molecule has 0 spiro atoms. The van der Waals surface area contributed by atoms with E-state index in [2.05, 4.69) is 26.1 Å². The molecule has 0 radical (unpaired) electrons. The highest BCUT2D eigenvalue weighted by Gasteiger charge is 2.29. The summed E-state index contributed by atoms with van der Waals surface area (Å²) in [6, 6.07) is 8.56. The number of benzene rings is 1. The Morgan fingerprint density at radius 3 is 2.52 bits per heavy atom. The third-order valence-electron chi connectivity index (χ3n) is 3.41. The quantitative estimate of drug-likeness (QED) is 0.648. The Kier molecular flexibility index (Phi) is 7.30. The zero-order valence-corrected chi connectivity index (χ0v) is 17.9. The van der Waals surface area contributed by atoms with Gasteiger partial charge in [0.1, 0.15) is 16.6 Å². The Labute approximate surface area is 168 Å². The largest absolute Gasteiger partial charge is 0.354 e. The Hall–Kier alpha value is -1.58. The third kappa shape index (κ3) is 6.22. The van der Waals surface area contributed by atoms with Gasteiger partial charge in [-0.15, -0.1) is 11.3 Å². The van der Waals surface area contributed by atoms with E-state index in [1.54, 1.807) is 23.2 Å². The van der Waals surface area contributed by atoms with Gasteiger partial charge in [0.15, 0.2) is 0 Å². The maximum absolute atomic E-state index is 14.3. The minimum atomic E-state index is -4.04. The lowest BCUT2D eigenvalue weighted by molar-refractivity contribution is -0.119.